The average Bonchev–Trinajstić information content (AvgIpc) is 2.89. The molecule has 0 spiro atoms. The lowest BCUT2D eigenvalue weighted by Gasteiger charge is -2.13. The van der Waals surface area contributed by atoms with Gasteiger partial charge in [0, 0.05) is 11.8 Å². The molecular weight excluding hydrogens is 262 g/mol. The Labute approximate surface area is 115 Å². The quantitative estimate of drug-likeness (QED) is 0.389. The van der Waals surface area contributed by atoms with E-state index in [0.29, 0.717) is 12.2 Å². The molecule has 0 aliphatic rings. The smallest absolute Gasteiger partial charge is 0.170 e. The van der Waals surface area contributed by atoms with E-state index in [-0.39, 0.29) is 5.84 Å². The van der Waals surface area contributed by atoms with E-state index < -0.39 is 0 Å². The maximum atomic E-state index is 8.69. The maximum Gasteiger partial charge on any atom is 0.170 e. The fourth-order valence-corrected chi connectivity index (χ4v) is 2.35. The first kappa shape index (κ1) is 13.4. The standard InChI is InChI=1S/C13H15N3O2S/c1-8-3-10(13(14)16-17)4-9(2)12(8)18-6-11-5-15-7-19-11/h3-5,7,17H,6H2,1-2H3,(H2,14,16). The number of aromatic nitrogens is 1. The van der Waals surface area contributed by atoms with Crippen LogP contribution in [0.1, 0.15) is 21.6 Å². The Morgan fingerprint density at radius 2 is 2.11 bits per heavy atom. The molecule has 0 saturated heterocycles. The monoisotopic (exact) mass is 277 g/mol. The first-order valence-electron chi connectivity index (χ1n) is 5.71. The highest BCUT2D eigenvalue weighted by molar-refractivity contribution is 7.09. The fraction of sp³-hybridized carbons (Fsp3) is 0.231. The number of ether oxygens (including phenoxy) is 1. The first-order valence-corrected chi connectivity index (χ1v) is 6.59. The summed E-state index contributed by atoms with van der Waals surface area (Å²) in [6, 6.07) is 3.67. The van der Waals surface area contributed by atoms with E-state index >= 15 is 0 Å². The molecule has 1 heterocycles. The number of aryl methyl sites for hydroxylation is 2. The molecule has 1 aromatic carbocycles. The van der Waals surface area contributed by atoms with Gasteiger partial charge >= 0.3 is 0 Å². The molecule has 2 rings (SSSR count). The third-order valence-corrected chi connectivity index (χ3v) is 3.46. The van der Waals surface area contributed by atoms with Crippen LogP contribution in [-0.4, -0.2) is 16.0 Å². The molecule has 3 N–H and O–H groups in total. The zero-order valence-electron chi connectivity index (χ0n) is 10.8. The summed E-state index contributed by atoms with van der Waals surface area (Å²) in [6.07, 6.45) is 1.79. The van der Waals surface area contributed by atoms with E-state index in [1.54, 1.807) is 23.0 Å². The zero-order chi connectivity index (χ0) is 13.8. The van der Waals surface area contributed by atoms with Gasteiger partial charge in [0.25, 0.3) is 0 Å². The van der Waals surface area contributed by atoms with Crippen LogP contribution >= 0.6 is 11.3 Å². The number of nitrogens with zero attached hydrogens (tertiary/aromatic N) is 2. The maximum absolute atomic E-state index is 8.69. The highest BCUT2D eigenvalue weighted by Gasteiger charge is 2.09. The molecule has 0 bridgehead atoms. The molecule has 2 aromatic rings. The van der Waals surface area contributed by atoms with Crippen molar-refractivity contribution in [2.75, 3.05) is 0 Å². The second-order valence-electron chi connectivity index (χ2n) is 4.18. The normalized spacial score (nSPS) is 11.6. The van der Waals surface area contributed by atoms with Gasteiger partial charge in [-0.15, -0.1) is 11.3 Å². The number of thiazole rings is 1. The van der Waals surface area contributed by atoms with Crippen molar-refractivity contribution < 1.29 is 9.94 Å². The lowest BCUT2D eigenvalue weighted by molar-refractivity contribution is 0.305. The highest BCUT2D eigenvalue weighted by Crippen LogP contribution is 2.26. The van der Waals surface area contributed by atoms with Crippen LogP contribution in [0.25, 0.3) is 0 Å². The van der Waals surface area contributed by atoms with Gasteiger partial charge in [-0.05, 0) is 37.1 Å². The molecule has 19 heavy (non-hydrogen) atoms. The molecule has 1 aromatic heterocycles. The second kappa shape index (κ2) is 5.71. The first-order chi connectivity index (χ1) is 9.11. The van der Waals surface area contributed by atoms with Gasteiger partial charge < -0.3 is 15.7 Å². The van der Waals surface area contributed by atoms with Crippen LogP contribution in [0.3, 0.4) is 0 Å². The average molecular weight is 277 g/mol. The summed E-state index contributed by atoms with van der Waals surface area (Å²) in [6.45, 7) is 4.36. The SMILES string of the molecule is Cc1cc(/C(N)=N/O)cc(C)c1OCc1cncs1. The Morgan fingerprint density at radius 1 is 1.42 bits per heavy atom. The number of nitrogens with two attached hydrogens (primary N) is 1. The molecule has 0 fully saturated rings. The number of benzene rings is 1. The predicted molar refractivity (Wildman–Crippen MR) is 74.9 cm³/mol. The molecule has 0 aliphatic carbocycles. The molecular formula is C13H15N3O2S. The Kier molecular flexibility index (Phi) is 4.01. The third kappa shape index (κ3) is 3.03. The summed E-state index contributed by atoms with van der Waals surface area (Å²) in [5.74, 6) is 0.920. The Hall–Kier alpha value is -2.08. The van der Waals surface area contributed by atoms with Crippen molar-refractivity contribution in [3.8, 4) is 5.75 Å². The zero-order valence-corrected chi connectivity index (χ0v) is 11.6. The van der Waals surface area contributed by atoms with Crippen molar-refractivity contribution in [1.82, 2.24) is 4.98 Å². The lowest BCUT2D eigenvalue weighted by atomic mass is 10.1. The van der Waals surface area contributed by atoms with Crippen molar-refractivity contribution >= 4 is 17.2 Å². The van der Waals surface area contributed by atoms with E-state index in [0.717, 1.165) is 21.8 Å². The topological polar surface area (TPSA) is 80.7 Å². The van der Waals surface area contributed by atoms with Gasteiger partial charge in [-0.3, -0.25) is 4.98 Å². The van der Waals surface area contributed by atoms with E-state index in [1.165, 1.54) is 0 Å². The van der Waals surface area contributed by atoms with Crippen molar-refractivity contribution in [1.29, 1.82) is 0 Å². The van der Waals surface area contributed by atoms with Crippen LogP contribution in [0.5, 0.6) is 5.75 Å². The summed E-state index contributed by atoms with van der Waals surface area (Å²) >= 11 is 1.56. The van der Waals surface area contributed by atoms with Gasteiger partial charge in [0.2, 0.25) is 0 Å². The Bertz CT molecular complexity index is 571. The van der Waals surface area contributed by atoms with Gasteiger partial charge in [0.1, 0.15) is 12.4 Å². The number of amidine groups is 1. The number of rotatable bonds is 4. The van der Waals surface area contributed by atoms with Crippen LogP contribution in [0.2, 0.25) is 0 Å². The van der Waals surface area contributed by atoms with Crippen LogP contribution in [0, 0.1) is 13.8 Å². The summed E-state index contributed by atoms with van der Waals surface area (Å²) in [5, 5.41) is 11.7. The predicted octanol–water partition coefficient (Wildman–Crippen LogP) is 2.43. The molecule has 0 saturated carbocycles. The number of hydrogen-bond donors (Lipinski definition) is 2. The summed E-state index contributed by atoms with van der Waals surface area (Å²) in [4.78, 5) is 5.07. The molecule has 100 valence electrons. The van der Waals surface area contributed by atoms with Crippen molar-refractivity contribution in [2.24, 2.45) is 10.9 Å². The minimum absolute atomic E-state index is 0.0974. The summed E-state index contributed by atoms with van der Waals surface area (Å²) in [5.41, 5.74) is 9.95. The third-order valence-electron chi connectivity index (χ3n) is 2.71. The summed E-state index contributed by atoms with van der Waals surface area (Å²) in [7, 11) is 0. The van der Waals surface area contributed by atoms with Crippen LogP contribution in [0.4, 0.5) is 0 Å². The van der Waals surface area contributed by atoms with Crippen molar-refractivity contribution in [3.63, 3.8) is 0 Å². The molecule has 0 amide bonds. The molecule has 0 radical (unpaired) electrons. The Balaban J connectivity index is 2.22. The minimum Gasteiger partial charge on any atom is -0.487 e. The lowest BCUT2D eigenvalue weighted by Crippen LogP contribution is -2.14. The van der Waals surface area contributed by atoms with E-state index in [9.17, 15) is 0 Å². The summed E-state index contributed by atoms with van der Waals surface area (Å²) < 4.78 is 5.81. The minimum atomic E-state index is 0.0974. The van der Waals surface area contributed by atoms with Crippen LogP contribution in [-0.2, 0) is 6.61 Å². The molecule has 0 atom stereocenters. The second-order valence-corrected chi connectivity index (χ2v) is 5.15. The van der Waals surface area contributed by atoms with E-state index in [2.05, 4.69) is 10.1 Å². The van der Waals surface area contributed by atoms with Gasteiger partial charge in [-0.1, -0.05) is 5.16 Å². The van der Waals surface area contributed by atoms with Crippen LogP contribution < -0.4 is 10.5 Å². The largest absolute Gasteiger partial charge is 0.487 e. The van der Waals surface area contributed by atoms with Gasteiger partial charge in [0.15, 0.2) is 5.84 Å². The van der Waals surface area contributed by atoms with Crippen LogP contribution in [0.15, 0.2) is 29.0 Å². The van der Waals surface area contributed by atoms with E-state index in [4.69, 9.17) is 15.7 Å². The van der Waals surface area contributed by atoms with Gasteiger partial charge in [-0.2, -0.15) is 0 Å². The van der Waals surface area contributed by atoms with Crippen molar-refractivity contribution in [3.05, 3.63) is 45.4 Å². The van der Waals surface area contributed by atoms with Gasteiger partial charge in [-0.25, -0.2) is 0 Å². The number of hydrogen-bond acceptors (Lipinski definition) is 5. The highest BCUT2D eigenvalue weighted by atomic mass is 32.1. The molecule has 6 heteroatoms. The molecule has 0 aliphatic heterocycles. The molecule has 0 unspecified atom stereocenters. The van der Waals surface area contributed by atoms with Crippen molar-refractivity contribution in [2.45, 2.75) is 20.5 Å². The van der Waals surface area contributed by atoms with Gasteiger partial charge in [0.05, 0.1) is 10.4 Å². The van der Waals surface area contributed by atoms with E-state index in [1.807, 2.05) is 26.0 Å². The fourth-order valence-electron chi connectivity index (χ4n) is 1.84. The Morgan fingerprint density at radius 3 is 2.63 bits per heavy atom. The number of oxime groups is 1. The molecule has 5 nitrogen and oxygen atoms in total.